The van der Waals surface area contributed by atoms with Crippen LogP contribution in [0.25, 0.3) is 0 Å². The van der Waals surface area contributed by atoms with E-state index in [4.69, 9.17) is 16.3 Å². The number of rotatable bonds is 4. The highest BCUT2D eigenvalue weighted by atomic mass is 35.5. The molecule has 1 aromatic heterocycles. The van der Waals surface area contributed by atoms with Gasteiger partial charge in [-0.25, -0.2) is 0 Å². The number of aryl methyl sites for hydroxylation is 1. The maximum Gasteiger partial charge on any atom is 0.152 e. The van der Waals surface area contributed by atoms with Crippen molar-refractivity contribution in [2.75, 3.05) is 12.4 Å². The molecule has 1 N–H and O–H groups in total. The van der Waals surface area contributed by atoms with E-state index in [-0.39, 0.29) is 0 Å². The molecule has 1 heterocycles. The van der Waals surface area contributed by atoms with Crippen LogP contribution in [0.3, 0.4) is 0 Å². The van der Waals surface area contributed by atoms with Crippen molar-refractivity contribution in [3.05, 3.63) is 34.9 Å². The third-order valence-electron chi connectivity index (χ3n) is 2.78. The van der Waals surface area contributed by atoms with Crippen molar-refractivity contribution >= 4 is 17.3 Å². The summed E-state index contributed by atoms with van der Waals surface area (Å²) in [5.74, 6) is 2.48. The quantitative estimate of drug-likeness (QED) is 0.923. The molecular weight excluding hydrogens is 252 g/mol. The molecule has 0 unspecified atom stereocenters. The Bertz CT molecular complexity index is 553. The number of aromatic nitrogens is 3. The summed E-state index contributed by atoms with van der Waals surface area (Å²) in [6.07, 6.45) is 0. The maximum absolute atomic E-state index is 5.96. The Morgan fingerprint density at radius 2 is 2.17 bits per heavy atom. The summed E-state index contributed by atoms with van der Waals surface area (Å²) in [6.45, 7) is 2.48. The lowest BCUT2D eigenvalue weighted by atomic mass is 10.3. The van der Waals surface area contributed by atoms with Gasteiger partial charge in [-0.15, -0.1) is 10.2 Å². The second-order valence-electron chi connectivity index (χ2n) is 3.92. The van der Waals surface area contributed by atoms with Gasteiger partial charge in [0.1, 0.15) is 11.6 Å². The Labute approximate surface area is 111 Å². The zero-order valence-electron chi connectivity index (χ0n) is 10.6. The molecule has 6 heteroatoms. The van der Waals surface area contributed by atoms with E-state index >= 15 is 0 Å². The highest BCUT2D eigenvalue weighted by molar-refractivity contribution is 6.30. The predicted octanol–water partition coefficient (Wildman–Crippen LogP) is 2.40. The fourth-order valence-corrected chi connectivity index (χ4v) is 1.77. The number of anilines is 1. The van der Waals surface area contributed by atoms with Crippen LogP contribution in [0.5, 0.6) is 5.75 Å². The molecule has 2 aromatic rings. The van der Waals surface area contributed by atoms with Gasteiger partial charge in [0.2, 0.25) is 0 Å². The highest BCUT2D eigenvalue weighted by Gasteiger charge is 2.07. The second kappa shape index (κ2) is 5.27. The monoisotopic (exact) mass is 266 g/mol. The third-order valence-corrected chi connectivity index (χ3v) is 3.02. The topological polar surface area (TPSA) is 52.0 Å². The third kappa shape index (κ3) is 2.56. The number of halogens is 1. The molecule has 0 fully saturated rings. The van der Waals surface area contributed by atoms with Crippen LogP contribution in [-0.2, 0) is 13.6 Å². The minimum Gasteiger partial charge on any atom is -0.495 e. The van der Waals surface area contributed by atoms with Gasteiger partial charge in [0, 0.05) is 12.1 Å². The van der Waals surface area contributed by atoms with E-state index in [1.54, 1.807) is 13.2 Å². The Balaban J connectivity index is 2.15. The van der Waals surface area contributed by atoms with E-state index in [9.17, 15) is 0 Å². The molecule has 0 aliphatic rings. The number of nitrogens with zero attached hydrogens (tertiary/aromatic N) is 3. The van der Waals surface area contributed by atoms with Crippen molar-refractivity contribution in [3.63, 3.8) is 0 Å². The van der Waals surface area contributed by atoms with Crippen LogP contribution < -0.4 is 10.1 Å². The first-order valence-electron chi connectivity index (χ1n) is 5.54. The number of nitrogens with one attached hydrogen (secondary N) is 1. The molecule has 0 radical (unpaired) electrons. The Morgan fingerprint density at radius 3 is 2.78 bits per heavy atom. The van der Waals surface area contributed by atoms with Crippen LogP contribution in [0.2, 0.25) is 5.02 Å². The minimum absolute atomic E-state index is 0.564. The first-order valence-corrected chi connectivity index (χ1v) is 5.92. The van der Waals surface area contributed by atoms with E-state index < -0.39 is 0 Å². The van der Waals surface area contributed by atoms with Crippen LogP contribution in [0.1, 0.15) is 11.6 Å². The van der Waals surface area contributed by atoms with Crippen molar-refractivity contribution < 1.29 is 4.74 Å². The smallest absolute Gasteiger partial charge is 0.152 e. The van der Waals surface area contributed by atoms with Gasteiger partial charge >= 0.3 is 0 Å². The fourth-order valence-electron chi connectivity index (χ4n) is 1.60. The van der Waals surface area contributed by atoms with Gasteiger partial charge in [-0.3, -0.25) is 0 Å². The normalized spacial score (nSPS) is 10.4. The summed E-state index contributed by atoms with van der Waals surface area (Å²) >= 11 is 5.96. The fraction of sp³-hybridized carbons (Fsp3) is 0.333. The average Bonchev–Trinajstić information content (AvgIpc) is 2.68. The molecule has 18 heavy (non-hydrogen) atoms. The Kier molecular flexibility index (Phi) is 3.72. The lowest BCUT2D eigenvalue weighted by Gasteiger charge is -2.11. The van der Waals surface area contributed by atoms with Crippen molar-refractivity contribution in [2.24, 2.45) is 7.05 Å². The molecule has 0 amide bonds. The van der Waals surface area contributed by atoms with E-state index in [0.29, 0.717) is 11.6 Å². The van der Waals surface area contributed by atoms with Gasteiger partial charge in [-0.2, -0.15) is 0 Å². The highest BCUT2D eigenvalue weighted by Crippen LogP contribution is 2.27. The average molecular weight is 267 g/mol. The van der Waals surface area contributed by atoms with Crippen LogP contribution in [0.15, 0.2) is 18.2 Å². The zero-order chi connectivity index (χ0) is 13.1. The largest absolute Gasteiger partial charge is 0.495 e. The summed E-state index contributed by atoms with van der Waals surface area (Å²) in [7, 11) is 3.56. The SMILES string of the molecule is COc1ccc(Cl)cc1NCc1nnc(C)n1C. The summed E-state index contributed by atoms with van der Waals surface area (Å²) < 4.78 is 7.19. The standard InChI is InChI=1S/C12H15ClN4O/c1-8-15-16-12(17(8)2)7-14-10-6-9(13)4-5-11(10)18-3/h4-6,14H,7H2,1-3H3. The molecule has 0 aliphatic carbocycles. The first-order chi connectivity index (χ1) is 8.61. The first kappa shape index (κ1) is 12.7. The Morgan fingerprint density at radius 1 is 1.39 bits per heavy atom. The predicted molar refractivity (Wildman–Crippen MR) is 71.1 cm³/mol. The summed E-state index contributed by atoms with van der Waals surface area (Å²) in [5, 5.41) is 12.0. The number of hydrogen-bond donors (Lipinski definition) is 1. The number of benzene rings is 1. The van der Waals surface area contributed by atoms with Crippen molar-refractivity contribution in [2.45, 2.75) is 13.5 Å². The van der Waals surface area contributed by atoms with Gasteiger partial charge in [0.05, 0.1) is 19.3 Å². The molecule has 2 rings (SSSR count). The molecule has 0 atom stereocenters. The van der Waals surface area contributed by atoms with Crippen LogP contribution >= 0.6 is 11.6 Å². The molecule has 0 saturated heterocycles. The van der Waals surface area contributed by atoms with Crippen molar-refractivity contribution in [3.8, 4) is 5.75 Å². The molecule has 1 aromatic carbocycles. The van der Waals surface area contributed by atoms with E-state index in [0.717, 1.165) is 23.1 Å². The zero-order valence-corrected chi connectivity index (χ0v) is 11.3. The molecule has 0 bridgehead atoms. The molecule has 5 nitrogen and oxygen atoms in total. The molecular formula is C12H15ClN4O. The summed E-state index contributed by atoms with van der Waals surface area (Å²) in [6, 6.07) is 5.44. The molecule has 0 aliphatic heterocycles. The number of methoxy groups -OCH3 is 1. The van der Waals surface area contributed by atoms with Crippen molar-refractivity contribution in [1.29, 1.82) is 0 Å². The van der Waals surface area contributed by atoms with Gasteiger partial charge in [0.15, 0.2) is 5.82 Å². The molecule has 0 spiro atoms. The van der Waals surface area contributed by atoms with Gasteiger partial charge in [-0.1, -0.05) is 11.6 Å². The van der Waals surface area contributed by atoms with Gasteiger partial charge in [-0.05, 0) is 25.1 Å². The minimum atomic E-state index is 0.564. The van der Waals surface area contributed by atoms with Crippen molar-refractivity contribution in [1.82, 2.24) is 14.8 Å². The van der Waals surface area contributed by atoms with E-state index in [2.05, 4.69) is 15.5 Å². The summed E-state index contributed by atoms with van der Waals surface area (Å²) in [5.41, 5.74) is 0.839. The van der Waals surface area contributed by atoms with Crippen LogP contribution in [-0.4, -0.2) is 21.9 Å². The number of hydrogen-bond acceptors (Lipinski definition) is 4. The maximum atomic E-state index is 5.96. The van der Waals surface area contributed by atoms with Gasteiger partial charge < -0.3 is 14.6 Å². The number of ether oxygens (including phenoxy) is 1. The van der Waals surface area contributed by atoms with Gasteiger partial charge in [0.25, 0.3) is 0 Å². The lowest BCUT2D eigenvalue weighted by Crippen LogP contribution is -2.07. The molecule has 0 saturated carbocycles. The molecule has 96 valence electrons. The van der Waals surface area contributed by atoms with Crippen LogP contribution in [0.4, 0.5) is 5.69 Å². The Hall–Kier alpha value is -1.75. The van der Waals surface area contributed by atoms with Crippen LogP contribution in [0, 0.1) is 6.92 Å². The van der Waals surface area contributed by atoms with E-state index in [1.165, 1.54) is 0 Å². The second-order valence-corrected chi connectivity index (χ2v) is 4.36. The summed E-state index contributed by atoms with van der Waals surface area (Å²) in [4.78, 5) is 0. The van der Waals surface area contributed by atoms with E-state index in [1.807, 2.05) is 30.7 Å². The lowest BCUT2D eigenvalue weighted by molar-refractivity contribution is 0.416.